The van der Waals surface area contributed by atoms with Crippen LogP contribution in [0.2, 0.25) is 0 Å². The average molecular weight is 417 g/mol. The molecule has 1 heterocycles. The van der Waals surface area contributed by atoms with Gasteiger partial charge in [0.1, 0.15) is 16.9 Å². The molecule has 9 heteroatoms. The number of furan rings is 1. The van der Waals surface area contributed by atoms with E-state index in [1.807, 2.05) is 0 Å². The third-order valence-corrected chi connectivity index (χ3v) is 5.89. The zero-order valence-electron chi connectivity index (χ0n) is 16.0. The van der Waals surface area contributed by atoms with Crippen LogP contribution in [-0.2, 0) is 19.5 Å². The first-order valence-electron chi connectivity index (χ1n) is 8.69. The van der Waals surface area contributed by atoms with Gasteiger partial charge in [-0.2, -0.15) is 4.31 Å². The third kappa shape index (κ3) is 3.68. The molecule has 2 aromatic carbocycles. The van der Waals surface area contributed by atoms with Crippen molar-refractivity contribution in [3.63, 3.8) is 0 Å². The third-order valence-electron chi connectivity index (χ3n) is 4.18. The normalized spacial score (nSPS) is 11.3. The Hall–Kier alpha value is -3.33. The van der Waals surface area contributed by atoms with Crippen molar-refractivity contribution in [2.24, 2.45) is 0 Å². The van der Waals surface area contributed by atoms with E-state index < -0.39 is 22.1 Å². The Labute approximate surface area is 167 Å². The number of carbonyl (C=O) groups excluding carboxylic acids is 2. The Morgan fingerprint density at radius 3 is 2.41 bits per heavy atom. The maximum absolute atomic E-state index is 13.1. The second-order valence-electron chi connectivity index (χ2n) is 5.99. The predicted octanol–water partition coefficient (Wildman–Crippen LogP) is 3.88. The highest BCUT2D eigenvalue weighted by Crippen LogP contribution is 2.32. The molecule has 3 rings (SSSR count). The maximum atomic E-state index is 13.1. The lowest BCUT2D eigenvalue weighted by Gasteiger charge is -2.21. The van der Waals surface area contributed by atoms with Gasteiger partial charge >= 0.3 is 12.1 Å². The van der Waals surface area contributed by atoms with Crippen LogP contribution in [0.3, 0.4) is 0 Å². The van der Waals surface area contributed by atoms with E-state index in [1.54, 1.807) is 32.0 Å². The van der Waals surface area contributed by atoms with Crippen molar-refractivity contribution in [2.75, 3.05) is 18.0 Å². The lowest BCUT2D eigenvalue weighted by Crippen LogP contribution is -2.36. The zero-order chi connectivity index (χ0) is 21.2. The molecule has 0 unspecified atom stereocenters. The molecule has 0 spiro atoms. The summed E-state index contributed by atoms with van der Waals surface area (Å²) in [6.45, 7) is 3.44. The number of benzene rings is 2. The number of anilines is 1. The molecule has 0 N–H and O–H groups in total. The lowest BCUT2D eigenvalue weighted by molar-refractivity contribution is 0.0526. The van der Waals surface area contributed by atoms with E-state index in [2.05, 4.69) is 0 Å². The number of rotatable bonds is 5. The summed E-state index contributed by atoms with van der Waals surface area (Å²) in [6, 6.07) is 11.8. The Kier molecular flexibility index (Phi) is 5.60. The minimum Gasteiger partial charge on any atom is -0.462 e. The molecule has 29 heavy (non-hydrogen) atoms. The van der Waals surface area contributed by atoms with Gasteiger partial charge < -0.3 is 13.9 Å². The maximum Gasteiger partial charge on any atom is 0.428 e. The number of methoxy groups -OCH3 is 1. The smallest absolute Gasteiger partial charge is 0.428 e. The molecule has 0 saturated heterocycles. The summed E-state index contributed by atoms with van der Waals surface area (Å²) in [5.41, 5.74) is 0.529. The molecule has 0 aliphatic rings. The van der Waals surface area contributed by atoms with Crippen molar-refractivity contribution >= 4 is 38.7 Å². The Morgan fingerprint density at radius 1 is 1.10 bits per heavy atom. The molecule has 8 nitrogen and oxygen atoms in total. The summed E-state index contributed by atoms with van der Waals surface area (Å²) >= 11 is 0. The van der Waals surface area contributed by atoms with Crippen molar-refractivity contribution in [2.45, 2.75) is 18.7 Å². The second-order valence-corrected chi connectivity index (χ2v) is 7.77. The van der Waals surface area contributed by atoms with Gasteiger partial charge in [-0.15, -0.1) is 0 Å². The molecule has 1 amide bonds. The Bertz CT molecular complexity index is 1170. The van der Waals surface area contributed by atoms with Gasteiger partial charge in [0.2, 0.25) is 0 Å². The van der Waals surface area contributed by atoms with Gasteiger partial charge in [-0.05, 0) is 44.2 Å². The molecule has 0 bridgehead atoms. The molecule has 1 aromatic heterocycles. The summed E-state index contributed by atoms with van der Waals surface area (Å²) in [5, 5.41) is 0.329. The summed E-state index contributed by atoms with van der Waals surface area (Å²) in [5.74, 6) is -0.275. The monoisotopic (exact) mass is 417 g/mol. The molecule has 0 radical (unpaired) electrons. The number of nitrogens with zero attached hydrogens (tertiary/aromatic N) is 1. The summed E-state index contributed by atoms with van der Waals surface area (Å²) in [7, 11) is -3.17. The van der Waals surface area contributed by atoms with Gasteiger partial charge in [0.15, 0.2) is 0 Å². The van der Waals surface area contributed by atoms with Crippen LogP contribution < -0.4 is 4.31 Å². The van der Waals surface area contributed by atoms with Crippen LogP contribution in [0.4, 0.5) is 10.5 Å². The van der Waals surface area contributed by atoms with Crippen LogP contribution in [0.15, 0.2) is 57.8 Å². The number of ether oxygens (including phenoxy) is 2. The van der Waals surface area contributed by atoms with Crippen molar-refractivity contribution < 1.29 is 31.9 Å². The fraction of sp³-hybridized carbons (Fsp3) is 0.200. The van der Waals surface area contributed by atoms with Gasteiger partial charge in [0.05, 0.1) is 24.3 Å². The van der Waals surface area contributed by atoms with Crippen LogP contribution in [0.5, 0.6) is 0 Å². The van der Waals surface area contributed by atoms with Crippen molar-refractivity contribution in [1.82, 2.24) is 0 Å². The van der Waals surface area contributed by atoms with E-state index in [-0.39, 0.29) is 22.8 Å². The first-order valence-corrected chi connectivity index (χ1v) is 10.1. The van der Waals surface area contributed by atoms with Gasteiger partial charge in [-0.1, -0.05) is 18.2 Å². The molecule has 0 aliphatic carbocycles. The van der Waals surface area contributed by atoms with Gasteiger partial charge in [0.25, 0.3) is 10.0 Å². The predicted molar refractivity (Wildman–Crippen MR) is 105 cm³/mol. The number of carbonyl (C=O) groups is 2. The fourth-order valence-corrected chi connectivity index (χ4v) is 4.29. The van der Waals surface area contributed by atoms with E-state index >= 15 is 0 Å². The number of hydrogen-bond donors (Lipinski definition) is 0. The summed E-state index contributed by atoms with van der Waals surface area (Å²) in [6.07, 6.45) is -1.09. The second kappa shape index (κ2) is 7.96. The lowest BCUT2D eigenvalue weighted by atomic mass is 10.1. The van der Waals surface area contributed by atoms with Crippen molar-refractivity contribution in [3.05, 3.63) is 59.9 Å². The number of esters is 1. The number of sulfonamides is 1. The Balaban J connectivity index is 2.20. The first kappa shape index (κ1) is 20.4. The van der Waals surface area contributed by atoms with Crippen LogP contribution in [0.25, 0.3) is 11.0 Å². The summed E-state index contributed by atoms with van der Waals surface area (Å²) in [4.78, 5) is 24.6. The van der Waals surface area contributed by atoms with Crippen LogP contribution in [0, 0.1) is 6.92 Å². The van der Waals surface area contributed by atoms with E-state index in [1.165, 1.54) is 30.3 Å². The van der Waals surface area contributed by atoms with Gasteiger partial charge in [0, 0.05) is 5.39 Å². The molecule has 152 valence electrons. The minimum atomic E-state index is -4.26. The van der Waals surface area contributed by atoms with E-state index in [9.17, 15) is 18.0 Å². The molecule has 0 saturated carbocycles. The number of amides is 1. The first-order chi connectivity index (χ1) is 13.8. The van der Waals surface area contributed by atoms with Crippen molar-refractivity contribution in [3.8, 4) is 0 Å². The standard InChI is InChI=1S/C20H19NO7S/c1-4-27-19(22)18-13(2)28-17-11-10-14(12-16(17)18)21(20(23)26-3)29(24,25)15-8-6-5-7-9-15/h5-12H,4H2,1-3H3. The van der Waals surface area contributed by atoms with E-state index in [0.717, 1.165) is 7.11 Å². The number of hydrogen-bond acceptors (Lipinski definition) is 7. The molecular formula is C20H19NO7S. The molecule has 0 fully saturated rings. The molecule has 3 aromatic rings. The van der Waals surface area contributed by atoms with E-state index in [0.29, 0.717) is 21.0 Å². The van der Waals surface area contributed by atoms with Crippen LogP contribution in [0.1, 0.15) is 23.0 Å². The average Bonchev–Trinajstić information content (AvgIpc) is 3.03. The van der Waals surface area contributed by atoms with E-state index in [4.69, 9.17) is 13.9 Å². The fourth-order valence-electron chi connectivity index (χ4n) is 2.91. The van der Waals surface area contributed by atoms with Crippen molar-refractivity contribution in [1.29, 1.82) is 0 Å². The number of fused-ring (bicyclic) bond motifs is 1. The molecular weight excluding hydrogens is 398 g/mol. The summed E-state index contributed by atoms with van der Waals surface area (Å²) < 4.78 is 42.1. The minimum absolute atomic E-state index is 0.000415. The van der Waals surface area contributed by atoms with Gasteiger partial charge in [-0.3, -0.25) is 0 Å². The van der Waals surface area contributed by atoms with Crippen LogP contribution in [-0.4, -0.2) is 34.2 Å². The highest BCUT2D eigenvalue weighted by atomic mass is 32.2. The molecule has 0 atom stereocenters. The topological polar surface area (TPSA) is 103 Å². The molecule has 0 aliphatic heterocycles. The number of aryl methyl sites for hydroxylation is 1. The highest BCUT2D eigenvalue weighted by Gasteiger charge is 2.33. The SMILES string of the molecule is CCOC(=O)c1c(C)oc2ccc(N(C(=O)OC)S(=O)(=O)c3ccccc3)cc12. The quantitative estimate of drug-likeness (QED) is 0.580. The van der Waals surface area contributed by atoms with Gasteiger partial charge in [-0.25, -0.2) is 18.0 Å². The Morgan fingerprint density at radius 2 is 1.79 bits per heavy atom. The largest absolute Gasteiger partial charge is 0.462 e. The zero-order valence-corrected chi connectivity index (χ0v) is 16.9. The van der Waals surface area contributed by atoms with Crippen LogP contribution >= 0.6 is 0 Å². The highest BCUT2D eigenvalue weighted by molar-refractivity contribution is 7.93.